The van der Waals surface area contributed by atoms with Crippen LogP contribution >= 0.6 is 0 Å². The number of alkyl carbamates (subject to hydrolysis) is 1. The van der Waals surface area contributed by atoms with Crippen LogP contribution in [0.4, 0.5) is 4.79 Å². The maximum Gasteiger partial charge on any atom is 0.409 e. The molecular formula is C11H18NO5-. The molecule has 6 heteroatoms. The van der Waals surface area contributed by atoms with E-state index in [-0.39, 0.29) is 6.42 Å². The third-order valence-corrected chi connectivity index (χ3v) is 2.29. The number of amides is 1. The average molecular weight is 244 g/mol. The van der Waals surface area contributed by atoms with E-state index < -0.39 is 29.8 Å². The fourth-order valence-electron chi connectivity index (χ4n) is 1.55. The summed E-state index contributed by atoms with van der Waals surface area (Å²) >= 11 is 0. The minimum atomic E-state index is -1.11. The van der Waals surface area contributed by atoms with Gasteiger partial charge in [0.2, 0.25) is 0 Å². The van der Waals surface area contributed by atoms with E-state index in [2.05, 4.69) is 5.32 Å². The molecule has 1 fully saturated rings. The Hall–Kier alpha value is -1.30. The Bertz CT molecular complexity index is 297. The summed E-state index contributed by atoms with van der Waals surface area (Å²) in [5.41, 5.74) is -0.591. The number of aliphatic carboxylic acids is 1. The summed E-state index contributed by atoms with van der Waals surface area (Å²) in [4.78, 5) is 22.1. The van der Waals surface area contributed by atoms with Crippen molar-refractivity contribution in [2.24, 2.45) is 5.92 Å². The number of hydrogen-bond acceptors (Lipinski definition) is 5. The van der Waals surface area contributed by atoms with Gasteiger partial charge in [-0.3, -0.25) is 5.32 Å². The molecule has 0 aromatic heterocycles. The number of ether oxygens (including phenoxy) is 2. The Morgan fingerprint density at radius 1 is 1.41 bits per heavy atom. The largest absolute Gasteiger partial charge is 0.550 e. The van der Waals surface area contributed by atoms with Gasteiger partial charge in [-0.2, -0.15) is 0 Å². The molecule has 0 aromatic carbocycles. The van der Waals surface area contributed by atoms with Gasteiger partial charge in [0.1, 0.15) is 11.8 Å². The molecule has 1 N–H and O–H groups in total. The van der Waals surface area contributed by atoms with Crippen LogP contribution in [-0.2, 0) is 14.3 Å². The van der Waals surface area contributed by atoms with Crippen molar-refractivity contribution < 1.29 is 24.2 Å². The average Bonchev–Trinajstić information content (AvgIpc) is 2.14. The van der Waals surface area contributed by atoms with E-state index in [1.807, 2.05) is 0 Å². The maximum absolute atomic E-state index is 11.4. The quantitative estimate of drug-likeness (QED) is 0.739. The van der Waals surface area contributed by atoms with Crippen molar-refractivity contribution in [2.45, 2.75) is 45.4 Å². The minimum absolute atomic E-state index is 0.210. The van der Waals surface area contributed by atoms with E-state index in [1.54, 1.807) is 20.8 Å². The third kappa shape index (κ3) is 5.04. The molecule has 6 nitrogen and oxygen atoms in total. The normalized spacial score (nSPS) is 25.1. The molecule has 98 valence electrons. The van der Waals surface area contributed by atoms with Gasteiger partial charge in [0, 0.05) is 24.9 Å². The molecule has 1 aliphatic rings. The maximum atomic E-state index is 11.4. The first-order valence-corrected chi connectivity index (χ1v) is 5.60. The topological polar surface area (TPSA) is 87.7 Å². The van der Waals surface area contributed by atoms with E-state index in [0.717, 1.165) is 0 Å². The standard InChI is InChI=1S/C11H19NO5/c1-11(2,3)17-10(15)12-8-6-7(9(13)14)4-5-16-8/h7-8H,4-6H2,1-3H3,(H,12,15)(H,13,14)/p-1. The van der Waals surface area contributed by atoms with Crippen LogP contribution in [0.5, 0.6) is 0 Å². The first-order valence-electron chi connectivity index (χ1n) is 5.60. The molecular weight excluding hydrogens is 226 g/mol. The molecule has 1 aliphatic heterocycles. The van der Waals surface area contributed by atoms with Gasteiger partial charge in [0.25, 0.3) is 0 Å². The molecule has 17 heavy (non-hydrogen) atoms. The van der Waals surface area contributed by atoms with Crippen LogP contribution in [0.3, 0.4) is 0 Å². The highest BCUT2D eigenvalue weighted by Crippen LogP contribution is 2.18. The predicted molar refractivity (Wildman–Crippen MR) is 56.8 cm³/mol. The zero-order valence-corrected chi connectivity index (χ0v) is 10.3. The lowest BCUT2D eigenvalue weighted by Gasteiger charge is -2.31. The Kier molecular flexibility index (Phi) is 4.34. The van der Waals surface area contributed by atoms with Crippen molar-refractivity contribution in [1.29, 1.82) is 0 Å². The second kappa shape index (κ2) is 5.35. The molecule has 2 atom stereocenters. The molecule has 0 aliphatic carbocycles. The highest BCUT2D eigenvalue weighted by molar-refractivity contribution is 5.69. The van der Waals surface area contributed by atoms with Crippen molar-refractivity contribution in [3.63, 3.8) is 0 Å². The highest BCUT2D eigenvalue weighted by atomic mass is 16.6. The SMILES string of the molecule is CC(C)(C)OC(=O)NC1CC(C(=O)[O-])CCO1. The van der Waals surface area contributed by atoms with Crippen LogP contribution in [0, 0.1) is 5.92 Å². The van der Waals surface area contributed by atoms with E-state index in [1.165, 1.54) is 0 Å². The van der Waals surface area contributed by atoms with E-state index in [9.17, 15) is 14.7 Å². The van der Waals surface area contributed by atoms with Gasteiger partial charge >= 0.3 is 6.09 Å². The lowest BCUT2D eigenvalue weighted by atomic mass is 9.99. The molecule has 0 bridgehead atoms. The molecule has 1 amide bonds. The Labute approximate surface area is 100 Å². The van der Waals surface area contributed by atoms with Crippen LogP contribution in [0.2, 0.25) is 0 Å². The number of carbonyl (C=O) groups excluding carboxylic acids is 2. The molecule has 2 unspecified atom stereocenters. The van der Waals surface area contributed by atoms with Gasteiger partial charge in [-0.05, 0) is 27.2 Å². The summed E-state index contributed by atoms with van der Waals surface area (Å²) in [6, 6.07) is 0. The Balaban J connectivity index is 2.41. The van der Waals surface area contributed by atoms with Gasteiger partial charge in [0.05, 0.1) is 0 Å². The zero-order valence-electron chi connectivity index (χ0n) is 10.3. The number of carbonyl (C=O) groups is 2. The fourth-order valence-corrected chi connectivity index (χ4v) is 1.55. The molecule has 0 saturated carbocycles. The molecule has 1 saturated heterocycles. The molecule has 1 rings (SSSR count). The smallest absolute Gasteiger partial charge is 0.409 e. The van der Waals surface area contributed by atoms with Gasteiger partial charge in [-0.1, -0.05) is 0 Å². The van der Waals surface area contributed by atoms with Crippen LogP contribution in [0.15, 0.2) is 0 Å². The predicted octanol–water partition coefficient (Wildman–Crippen LogP) is 0.0137. The summed E-state index contributed by atoms with van der Waals surface area (Å²) in [5, 5.41) is 13.2. The summed E-state index contributed by atoms with van der Waals surface area (Å²) in [7, 11) is 0. The summed E-state index contributed by atoms with van der Waals surface area (Å²) < 4.78 is 10.3. The van der Waals surface area contributed by atoms with E-state index in [4.69, 9.17) is 9.47 Å². The number of carboxylic acids is 1. The second-order valence-corrected chi connectivity index (χ2v) is 5.05. The van der Waals surface area contributed by atoms with Gasteiger partial charge in [-0.25, -0.2) is 4.79 Å². The molecule has 0 radical (unpaired) electrons. The number of rotatable bonds is 2. The van der Waals surface area contributed by atoms with Gasteiger partial charge in [0.15, 0.2) is 0 Å². The Morgan fingerprint density at radius 2 is 2.06 bits per heavy atom. The molecule has 0 aromatic rings. The summed E-state index contributed by atoms with van der Waals surface area (Å²) in [6.07, 6.45) is -0.612. The second-order valence-electron chi connectivity index (χ2n) is 5.05. The van der Waals surface area contributed by atoms with E-state index in [0.29, 0.717) is 13.0 Å². The van der Waals surface area contributed by atoms with Gasteiger partial charge < -0.3 is 19.4 Å². The monoisotopic (exact) mass is 244 g/mol. The minimum Gasteiger partial charge on any atom is -0.550 e. The Morgan fingerprint density at radius 3 is 2.59 bits per heavy atom. The van der Waals surface area contributed by atoms with Crippen molar-refractivity contribution in [1.82, 2.24) is 5.32 Å². The molecule has 0 spiro atoms. The number of nitrogens with one attached hydrogen (secondary N) is 1. The van der Waals surface area contributed by atoms with Crippen LogP contribution in [0.25, 0.3) is 0 Å². The van der Waals surface area contributed by atoms with Crippen molar-refractivity contribution in [3.8, 4) is 0 Å². The highest BCUT2D eigenvalue weighted by Gasteiger charge is 2.26. The van der Waals surface area contributed by atoms with Crippen LogP contribution in [-0.4, -0.2) is 30.5 Å². The van der Waals surface area contributed by atoms with Gasteiger partial charge in [-0.15, -0.1) is 0 Å². The van der Waals surface area contributed by atoms with Crippen LogP contribution < -0.4 is 10.4 Å². The first-order chi connectivity index (χ1) is 7.78. The lowest BCUT2D eigenvalue weighted by molar-refractivity contribution is -0.314. The van der Waals surface area contributed by atoms with Crippen molar-refractivity contribution in [2.75, 3.05) is 6.61 Å². The van der Waals surface area contributed by atoms with E-state index >= 15 is 0 Å². The summed E-state index contributed by atoms with van der Waals surface area (Å²) in [5.74, 6) is -1.69. The number of hydrogen-bond donors (Lipinski definition) is 1. The third-order valence-electron chi connectivity index (χ3n) is 2.29. The van der Waals surface area contributed by atoms with Crippen molar-refractivity contribution in [3.05, 3.63) is 0 Å². The van der Waals surface area contributed by atoms with Crippen LogP contribution in [0.1, 0.15) is 33.6 Å². The molecule has 1 heterocycles. The lowest BCUT2D eigenvalue weighted by Crippen LogP contribution is -2.46. The number of carboxylic acid groups (broad SMARTS) is 1. The zero-order chi connectivity index (χ0) is 13.1. The fraction of sp³-hybridized carbons (Fsp3) is 0.818. The first kappa shape index (κ1) is 13.8. The summed E-state index contributed by atoms with van der Waals surface area (Å²) in [6.45, 7) is 5.54. The van der Waals surface area contributed by atoms with Crippen molar-refractivity contribution >= 4 is 12.1 Å².